The van der Waals surface area contributed by atoms with Crippen molar-refractivity contribution in [3.8, 4) is 5.75 Å². The zero-order chi connectivity index (χ0) is 4.41. The number of rotatable bonds is 0. The maximum absolute atomic E-state index is 8.26. The second kappa shape index (κ2) is 1.01. The van der Waals surface area contributed by atoms with Gasteiger partial charge in [-0.05, 0) is 0 Å². The van der Waals surface area contributed by atoms with Gasteiger partial charge in [0.25, 0.3) is 0 Å². The Morgan fingerprint density at radius 3 is 3.00 bits per heavy atom. The minimum absolute atomic E-state index is 0.0602. The minimum Gasteiger partial charge on any atom is -0.503 e. The van der Waals surface area contributed by atoms with Gasteiger partial charge in [-0.2, -0.15) is 0 Å². The van der Waals surface area contributed by atoms with Crippen molar-refractivity contribution in [2.75, 3.05) is 0 Å². The first-order valence-electron chi connectivity index (χ1n) is 1.40. The molecule has 0 aliphatic heterocycles. The normalized spacial score (nSPS) is 8.67. The number of hydrogen-bond donors (Lipinski definition) is 1. The van der Waals surface area contributed by atoms with Gasteiger partial charge in [0.15, 0.2) is 18.2 Å². The van der Waals surface area contributed by atoms with Crippen LogP contribution in [-0.2, 0) is 0 Å². The molecule has 0 saturated heterocycles. The van der Waals surface area contributed by atoms with Crippen LogP contribution >= 0.6 is 0 Å². The zero-order valence-electron chi connectivity index (χ0n) is 2.88. The molecule has 0 fully saturated rings. The summed E-state index contributed by atoms with van der Waals surface area (Å²) in [7, 11) is 0. The molecule has 0 saturated carbocycles. The van der Waals surface area contributed by atoms with E-state index in [0.717, 1.165) is 6.26 Å². The van der Waals surface area contributed by atoms with Crippen LogP contribution in [0.1, 0.15) is 0 Å². The molecule has 1 aromatic rings. The van der Waals surface area contributed by atoms with Crippen LogP contribution in [0, 0.1) is 6.20 Å². The van der Waals surface area contributed by atoms with Crippen molar-refractivity contribution in [3.63, 3.8) is 0 Å². The van der Waals surface area contributed by atoms with E-state index in [4.69, 9.17) is 5.11 Å². The number of hydrogen-bond acceptors (Lipinski definition) is 3. The van der Waals surface area contributed by atoms with Crippen molar-refractivity contribution in [3.05, 3.63) is 12.5 Å². The summed E-state index contributed by atoms with van der Waals surface area (Å²) in [5, 5.41) is 11.3. The van der Waals surface area contributed by atoms with Crippen LogP contribution in [0.4, 0.5) is 0 Å². The molecule has 1 aromatic heterocycles. The Morgan fingerprint density at radius 2 is 2.83 bits per heavy atom. The second-order valence-corrected chi connectivity index (χ2v) is 0.812. The molecular formula is C3H2NO2. The fourth-order valence-corrected chi connectivity index (χ4v) is 0.176. The molecule has 3 heteroatoms. The van der Waals surface area contributed by atoms with Gasteiger partial charge in [-0.25, -0.2) is 0 Å². The topological polar surface area (TPSA) is 46.3 Å². The Balaban J connectivity index is 3.05. The molecule has 6 heavy (non-hydrogen) atoms. The Morgan fingerprint density at radius 1 is 2.00 bits per heavy atom. The monoisotopic (exact) mass is 84.0 g/mol. The quantitative estimate of drug-likeness (QED) is 0.487. The summed E-state index contributed by atoms with van der Waals surface area (Å²) in [6.45, 7) is 0. The summed E-state index contributed by atoms with van der Waals surface area (Å²) >= 11 is 0. The largest absolute Gasteiger partial charge is 0.503 e. The molecular weight excluding hydrogens is 82.0 g/mol. The standard InChI is InChI=1S/C3H2NO2/c5-3-1-4-6-2-3/h2,5H. The van der Waals surface area contributed by atoms with E-state index in [0.29, 0.717) is 0 Å². The van der Waals surface area contributed by atoms with Crippen LogP contribution in [-0.4, -0.2) is 10.3 Å². The third kappa shape index (κ3) is 0.337. The third-order valence-electron chi connectivity index (χ3n) is 0.377. The van der Waals surface area contributed by atoms with Gasteiger partial charge in [0, 0.05) is 0 Å². The molecule has 1 rings (SSSR count). The van der Waals surface area contributed by atoms with Crippen molar-refractivity contribution in [1.29, 1.82) is 0 Å². The van der Waals surface area contributed by atoms with E-state index in [2.05, 4.69) is 15.9 Å². The number of nitrogens with zero attached hydrogens (tertiary/aromatic N) is 1. The van der Waals surface area contributed by atoms with Crippen LogP contribution in [0.25, 0.3) is 0 Å². The Labute approximate surface area is 34.2 Å². The van der Waals surface area contributed by atoms with E-state index in [1.165, 1.54) is 0 Å². The molecule has 0 atom stereocenters. The highest BCUT2D eigenvalue weighted by Gasteiger charge is 1.83. The maximum Gasteiger partial charge on any atom is 0.185 e. The first-order valence-corrected chi connectivity index (χ1v) is 1.40. The summed E-state index contributed by atoms with van der Waals surface area (Å²) < 4.78 is 4.16. The molecule has 0 spiro atoms. The summed E-state index contributed by atoms with van der Waals surface area (Å²) in [5.74, 6) is -0.0602. The molecule has 0 aliphatic rings. The van der Waals surface area contributed by atoms with Gasteiger partial charge in [0.1, 0.15) is 0 Å². The third-order valence-corrected chi connectivity index (χ3v) is 0.377. The Kier molecular flexibility index (Phi) is 0.538. The van der Waals surface area contributed by atoms with Gasteiger partial charge >= 0.3 is 0 Å². The lowest BCUT2D eigenvalue weighted by molar-refractivity contribution is 0.407. The predicted octanol–water partition coefficient (Wildman–Crippen LogP) is 0.180. The number of aromatic nitrogens is 1. The molecule has 0 bridgehead atoms. The van der Waals surface area contributed by atoms with Crippen LogP contribution < -0.4 is 0 Å². The van der Waals surface area contributed by atoms with Gasteiger partial charge in [-0.15, -0.1) is 0 Å². The first kappa shape index (κ1) is 3.21. The Bertz CT molecular complexity index is 112. The number of aromatic hydroxyl groups is 1. The second-order valence-electron chi connectivity index (χ2n) is 0.812. The molecule has 0 aromatic carbocycles. The van der Waals surface area contributed by atoms with Crippen molar-refractivity contribution in [2.45, 2.75) is 0 Å². The zero-order valence-corrected chi connectivity index (χ0v) is 2.88. The fraction of sp³-hybridized carbons (Fsp3) is 0. The molecule has 1 N–H and O–H groups in total. The molecule has 1 heterocycles. The van der Waals surface area contributed by atoms with Gasteiger partial charge in [-0.1, -0.05) is 5.16 Å². The Hall–Kier alpha value is -0.990. The van der Waals surface area contributed by atoms with E-state index in [-0.39, 0.29) is 5.75 Å². The SMILES string of the molecule is Oc1[c]noc1. The minimum atomic E-state index is -0.0602. The van der Waals surface area contributed by atoms with Gasteiger partial charge in [0.05, 0.1) is 0 Å². The first-order chi connectivity index (χ1) is 2.89. The van der Waals surface area contributed by atoms with Gasteiger partial charge in [0.2, 0.25) is 0 Å². The van der Waals surface area contributed by atoms with Crippen LogP contribution in [0.3, 0.4) is 0 Å². The smallest absolute Gasteiger partial charge is 0.185 e. The summed E-state index contributed by atoms with van der Waals surface area (Å²) in [6.07, 6.45) is 3.24. The lowest BCUT2D eigenvalue weighted by atomic mass is 10.7. The highest BCUT2D eigenvalue weighted by atomic mass is 16.5. The summed E-state index contributed by atoms with van der Waals surface area (Å²) in [4.78, 5) is 0. The lowest BCUT2D eigenvalue weighted by Crippen LogP contribution is -1.46. The van der Waals surface area contributed by atoms with Crippen LogP contribution in [0.5, 0.6) is 5.75 Å². The van der Waals surface area contributed by atoms with Gasteiger partial charge < -0.3 is 9.63 Å². The van der Waals surface area contributed by atoms with Crippen LogP contribution in [0.15, 0.2) is 10.8 Å². The van der Waals surface area contributed by atoms with Crippen molar-refractivity contribution in [1.82, 2.24) is 5.16 Å². The molecule has 0 unspecified atom stereocenters. The van der Waals surface area contributed by atoms with Gasteiger partial charge in [-0.3, -0.25) is 0 Å². The molecule has 0 amide bonds. The summed E-state index contributed by atoms with van der Waals surface area (Å²) in [5.41, 5.74) is 0. The average molecular weight is 84.1 g/mol. The van der Waals surface area contributed by atoms with Crippen molar-refractivity contribution in [2.24, 2.45) is 0 Å². The van der Waals surface area contributed by atoms with E-state index in [9.17, 15) is 0 Å². The highest BCUT2D eigenvalue weighted by Crippen LogP contribution is 1.99. The predicted molar refractivity (Wildman–Crippen MR) is 17.0 cm³/mol. The molecule has 1 radical (unpaired) electrons. The van der Waals surface area contributed by atoms with E-state index in [1.54, 1.807) is 0 Å². The molecule has 3 nitrogen and oxygen atoms in total. The lowest BCUT2D eigenvalue weighted by Gasteiger charge is -1.62. The molecule has 31 valence electrons. The maximum atomic E-state index is 8.26. The fourth-order valence-electron chi connectivity index (χ4n) is 0.176. The van der Waals surface area contributed by atoms with Crippen LogP contribution in [0.2, 0.25) is 0 Å². The van der Waals surface area contributed by atoms with E-state index in [1.807, 2.05) is 0 Å². The highest BCUT2D eigenvalue weighted by molar-refractivity contribution is 5.01. The summed E-state index contributed by atoms with van der Waals surface area (Å²) in [6, 6.07) is 0. The van der Waals surface area contributed by atoms with Crippen molar-refractivity contribution >= 4 is 0 Å². The van der Waals surface area contributed by atoms with E-state index >= 15 is 0 Å². The molecule has 0 aliphatic carbocycles. The van der Waals surface area contributed by atoms with E-state index < -0.39 is 0 Å². The average Bonchev–Trinajstić information content (AvgIpc) is 1.86. The van der Waals surface area contributed by atoms with Crippen molar-refractivity contribution < 1.29 is 9.63 Å².